The first-order valence-electron chi connectivity index (χ1n) is 3.02. The van der Waals surface area contributed by atoms with E-state index in [2.05, 4.69) is 6.58 Å². The zero-order chi connectivity index (χ0) is 5.98. The summed E-state index contributed by atoms with van der Waals surface area (Å²) in [5, 5.41) is 7.24. The average Bonchev–Trinajstić information content (AvgIpc) is 1.77. The van der Waals surface area contributed by atoms with Crippen molar-refractivity contribution >= 4 is 5.71 Å². The summed E-state index contributed by atoms with van der Waals surface area (Å²) in [7, 11) is 0. The Morgan fingerprint density at radius 1 is 1.12 bits per heavy atom. The molecule has 8 heavy (non-hydrogen) atoms. The summed E-state index contributed by atoms with van der Waals surface area (Å²) in [6.07, 6.45) is 4.02. The fraction of sp³-hybridized carbons (Fsp3) is 0.571. The van der Waals surface area contributed by atoms with Crippen LogP contribution in [0.4, 0.5) is 0 Å². The van der Waals surface area contributed by atoms with Crippen molar-refractivity contribution in [1.82, 2.24) is 0 Å². The Morgan fingerprint density at radius 2 is 1.62 bits per heavy atom. The molecule has 1 heteroatoms. The zero-order valence-corrected chi connectivity index (χ0v) is 5.04. The van der Waals surface area contributed by atoms with Crippen molar-refractivity contribution in [3.63, 3.8) is 0 Å². The van der Waals surface area contributed by atoms with E-state index in [9.17, 15) is 0 Å². The molecule has 0 aliphatic heterocycles. The van der Waals surface area contributed by atoms with Gasteiger partial charge in [-0.25, -0.2) is 0 Å². The summed E-state index contributed by atoms with van der Waals surface area (Å²) in [6.45, 7) is 3.85. The van der Waals surface area contributed by atoms with Crippen molar-refractivity contribution in [2.45, 2.75) is 25.7 Å². The molecular formula is C7H11N. The Hall–Kier alpha value is -0.590. The van der Waals surface area contributed by atoms with Gasteiger partial charge in [0.25, 0.3) is 0 Å². The SMILES string of the molecule is C=C1CCC(=N)CC1. The maximum absolute atomic E-state index is 7.24. The lowest BCUT2D eigenvalue weighted by Gasteiger charge is -2.12. The average molecular weight is 109 g/mol. The summed E-state index contributed by atoms with van der Waals surface area (Å²) in [5.41, 5.74) is 2.22. The van der Waals surface area contributed by atoms with Crippen LogP contribution in [0, 0.1) is 5.41 Å². The van der Waals surface area contributed by atoms with Crippen LogP contribution in [0.2, 0.25) is 0 Å². The predicted molar refractivity (Wildman–Crippen MR) is 35.3 cm³/mol. The van der Waals surface area contributed by atoms with Gasteiger partial charge in [-0.1, -0.05) is 12.2 Å². The van der Waals surface area contributed by atoms with Crippen LogP contribution in [0.25, 0.3) is 0 Å². The Balaban J connectivity index is 2.40. The molecule has 1 rings (SSSR count). The number of hydrogen-bond acceptors (Lipinski definition) is 1. The maximum atomic E-state index is 7.24. The number of hydrogen-bond donors (Lipinski definition) is 1. The monoisotopic (exact) mass is 109 g/mol. The van der Waals surface area contributed by atoms with E-state index >= 15 is 0 Å². The van der Waals surface area contributed by atoms with Crippen LogP contribution >= 0.6 is 0 Å². The molecule has 0 heterocycles. The summed E-state index contributed by atoms with van der Waals surface area (Å²) >= 11 is 0. The molecule has 0 aromatic rings. The third-order valence-electron chi connectivity index (χ3n) is 1.56. The lowest BCUT2D eigenvalue weighted by atomic mass is 9.95. The summed E-state index contributed by atoms with van der Waals surface area (Å²) in [4.78, 5) is 0. The van der Waals surface area contributed by atoms with Gasteiger partial charge in [-0.3, -0.25) is 0 Å². The molecule has 1 aliphatic carbocycles. The van der Waals surface area contributed by atoms with Crippen molar-refractivity contribution in [3.05, 3.63) is 12.2 Å². The summed E-state index contributed by atoms with van der Waals surface area (Å²) in [6, 6.07) is 0. The number of allylic oxidation sites excluding steroid dienone is 1. The fourth-order valence-electron chi connectivity index (χ4n) is 0.905. The van der Waals surface area contributed by atoms with Crippen LogP contribution in [0.3, 0.4) is 0 Å². The normalized spacial score (nSPS) is 21.5. The van der Waals surface area contributed by atoms with E-state index in [4.69, 9.17) is 5.41 Å². The number of rotatable bonds is 0. The third-order valence-corrected chi connectivity index (χ3v) is 1.56. The molecule has 0 atom stereocenters. The molecule has 0 amide bonds. The van der Waals surface area contributed by atoms with Crippen LogP contribution in [0.1, 0.15) is 25.7 Å². The van der Waals surface area contributed by atoms with E-state index in [1.54, 1.807) is 0 Å². The lowest BCUT2D eigenvalue weighted by molar-refractivity contribution is 0.823. The Labute approximate surface area is 49.9 Å². The minimum Gasteiger partial charge on any atom is -0.310 e. The molecule has 0 unspecified atom stereocenters. The lowest BCUT2D eigenvalue weighted by Crippen LogP contribution is -2.03. The molecule has 1 N–H and O–H groups in total. The maximum Gasteiger partial charge on any atom is 0.00955 e. The standard InChI is InChI=1S/C7H11N/c1-6-2-4-7(8)5-3-6/h8H,1-5H2. The van der Waals surface area contributed by atoms with Gasteiger partial charge in [0.15, 0.2) is 0 Å². The van der Waals surface area contributed by atoms with Crippen molar-refractivity contribution in [1.29, 1.82) is 5.41 Å². The minimum atomic E-state index is 0.900. The van der Waals surface area contributed by atoms with E-state index in [1.807, 2.05) is 0 Å². The second-order valence-electron chi connectivity index (χ2n) is 2.35. The van der Waals surface area contributed by atoms with E-state index < -0.39 is 0 Å². The van der Waals surface area contributed by atoms with Crippen LogP contribution in [0.5, 0.6) is 0 Å². The molecule has 0 spiro atoms. The highest BCUT2D eigenvalue weighted by Gasteiger charge is 2.06. The van der Waals surface area contributed by atoms with Gasteiger partial charge >= 0.3 is 0 Å². The Morgan fingerprint density at radius 3 is 2.00 bits per heavy atom. The van der Waals surface area contributed by atoms with Crippen LogP contribution in [0.15, 0.2) is 12.2 Å². The van der Waals surface area contributed by atoms with Gasteiger partial charge in [-0.2, -0.15) is 0 Å². The molecule has 0 aromatic carbocycles. The Kier molecular flexibility index (Phi) is 1.47. The van der Waals surface area contributed by atoms with Gasteiger partial charge in [0.2, 0.25) is 0 Å². The van der Waals surface area contributed by atoms with Gasteiger partial charge in [0.1, 0.15) is 0 Å². The van der Waals surface area contributed by atoms with Crippen LogP contribution in [-0.2, 0) is 0 Å². The van der Waals surface area contributed by atoms with Crippen LogP contribution in [-0.4, -0.2) is 5.71 Å². The van der Waals surface area contributed by atoms with E-state index in [0.29, 0.717) is 0 Å². The van der Waals surface area contributed by atoms with Gasteiger partial charge < -0.3 is 5.41 Å². The van der Waals surface area contributed by atoms with Gasteiger partial charge in [-0.15, -0.1) is 0 Å². The van der Waals surface area contributed by atoms with Gasteiger partial charge in [0.05, 0.1) is 0 Å². The highest BCUT2D eigenvalue weighted by atomic mass is 14.4. The largest absolute Gasteiger partial charge is 0.310 e. The van der Waals surface area contributed by atoms with E-state index in [-0.39, 0.29) is 0 Å². The van der Waals surface area contributed by atoms with Crippen molar-refractivity contribution in [2.24, 2.45) is 0 Å². The molecule has 44 valence electrons. The van der Waals surface area contributed by atoms with Crippen LogP contribution < -0.4 is 0 Å². The molecular weight excluding hydrogens is 98.1 g/mol. The van der Waals surface area contributed by atoms with Crippen molar-refractivity contribution < 1.29 is 0 Å². The summed E-state index contributed by atoms with van der Waals surface area (Å²) < 4.78 is 0. The summed E-state index contributed by atoms with van der Waals surface area (Å²) in [5.74, 6) is 0. The zero-order valence-electron chi connectivity index (χ0n) is 5.04. The smallest absolute Gasteiger partial charge is 0.00955 e. The fourth-order valence-corrected chi connectivity index (χ4v) is 0.905. The first kappa shape index (κ1) is 5.54. The molecule has 0 saturated heterocycles. The second-order valence-corrected chi connectivity index (χ2v) is 2.35. The predicted octanol–water partition coefficient (Wildman–Crippen LogP) is 2.14. The van der Waals surface area contributed by atoms with Gasteiger partial charge in [0, 0.05) is 5.71 Å². The third kappa shape index (κ3) is 1.19. The molecule has 1 fully saturated rings. The second kappa shape index (κ2) is 2.12. The Bertz CT molecular complexity index is 96.3. The number of nitrogens with one attached hydrogen (secondary N) is 1. The molecule has 1 aliphatic rings. The van der Waals surface area contributed by atoms with E-state index in [1.165, 1.54) is 5.57 Å². The first-order valence-corrected chi connectivity index (χ1v) is 3.02. The molecule has 1 saturated carbocycles. The highest BCUT2D eigenvalue weighted by molar-refractivity contribution is 5.82. The quantitative estimate of drug-likeness (QED) is 0.461. The van der Waals surface area contributed by atoms with Crippen molar-refractivity contribution in [3.8, 4) is 0 Å². The van der Waals surface area contributed by atoms with Crippen molar-refractivity contribution in [2.75, 3.05) is 0 Å². The molecule has 0 aromatic heterocycles. The molecule has 0 bridgehead atoms. The molecule has 1 nitrogen and oxygen atoms in total. The topological polar surface area (TPSA) is 23.9 Å². The highest BCUT2D eigenvalue weighted by Crippen LogP contribution is 2.17. The first-order chi connectivity index (χ1) is 3.79. The minimum absolute atomic E-state index is 0.900. The van der Waals surface area contributed by atoms with Gasteiger partial charge in [-0.05, 0) is 25.7 Å². The molecule has 0 radical (unpaired) electrons. The van der Waals surface area contributed by atoms with E-state index in [0.717, 1.165) is 31.4 Å².